The lowest BCUT2D eigenvalue weighted by molar-refractivity contribution is -0.134. The van der Waals surface area contributed by atoms with E-state index >= 15 is 0 Å². The van der Waals surface area contributed by atoms with E-state index in [1.807, 2.05) is 31.2 Å². The highest BCUT2D eigenvalue weighted by molar-refractivity contribution is 5.77. The molecule has 1 amide bonds. The summed E-state index contributed by atoms with van der Waals surface area (Å²) in [7, 11) is 1.65. The highest BCUT2D eigenvalue weighted by atomic mass is 16.5. The molecule has 0 spiro atoms. The number of benzene rings is 1. The Hall–Kier alpha value is -1.55. The van der Waals surface area contributed by atoms with E-state index in [0.29, 0.717) is 5.75 Å². The maximum atomic E-state index is 11.8. The summed E-state index contributed by atoms with van der Waals surface area (Å²) in [5.41, 5.74) is 0.252. The molecular formula is C14H21NO3. The van der Waals surface area contributed by atoms with Crippen molar-refractivity contribution in [1.29, 1.82) is 0 Å². The van der Waals surface area contributed by atoms with E-state index in [1.165, 1.54) is 4.90 Å². The minimum absolute atomic E-state index is 0.0182. The summed E-state index contributed by atoms with van der Waals surface area (Å²) in [6.45, 7) is 5.58. The fourth-order valence-electron chi connectivity index (χ4n) is 1.56. The lowest BCUT2D eigenvalue weighted by atomic mass is 10.1. The summed E-state index contributed by atoms with van der Waals surface area (Å²) in [5.74, 6) is 0.517. The number of ether oxygens (including phenoxy) is 1. The molecule has 100 valence electrons. The first-order valence-corrected chi connectivity index (χ1v) is 5.94. The molecule has 0 unspecified atom stereocenters. The summed E-state index contributed by atoms with van der Waals surface area (Å²) in [5, 5.41) is 9.62. The summed E-state index contributed by atoms with van der Waals surface area (Å²) in [4.78, 5) is 13.2. The van der Waals surface area contributed by atoms with E-state index < -0.39 is 5.60 Å². The maximum absolute atomic E-state index is 11.8. The van der Waals surface area contributed by atoms with Gasteiger partial charge in [-0.15, -0.1) is 0 Å². The zero-order chi connectivity index (χ0) is 13.8. The van der Waals surface area contributed by atoms with E-state index in [4.69, 9.17) is 4.74 Å². The third-order valence-corrected chi connectivity index (χ3v) is 2.43. The van der Waals surface area contributed by atoms with Gasteiger partial charge in [-0.2, -0.15) is 0 Å². The van der Waals surface area contributed by atoms with E-state index in [9.17, 15) is 9.90 Å². The van der Waals surface area contributed by atoms with Gasteiger partial charge < -0.3 is 14.7 Å². The van der Waals surface area contributed by atoms with Gasteiger partial charge in [0.15, 0.2) is 6.61 Å². The number of nitrogens with zero attached hydrogens (tertiary/aromatic N) is 1. The predicted molar refractivity (Wildman–Crippen MR) is 70.6 cm³/mol. The Labute approximate surface area is 108 Å². The molecule has 0 aliphatic heterocycles. The van der Waals surface area contributed by atoms with E-state index in [1.54, 1.807) is 20.9 Å². The Kier molecular flexibility index (Phi) is 4.73. The molecule has 0 atom stereocenters. The Morgan fingerprint density at radius 1 is 1.33 bits per heavy atom. The fraction of sp³-hybridized carbons (Fsp3) is 0.500. The van der Waals surface area contributed by atoms with Crippen LogP contribution in [-0.4, -0.2) is 41.7 Å². The van der Waals surface area contributed by atoms with Gasteiger partial charge in [-0.05, 0) is 32.9 Å². The Morgan fingerprint density at radius 3 is 2.39 bits per heavy atom. The minimum Gasteiger partial charge on any atom is -0.484 e. The first-order chi connectivity index (χ1) is 8.28. The number of carbonyl (C=O) groups excluding carboxylic acids is 1. The van der Waals surface area contributed by atoms with Crippen LogP contribution in [0.25, 0.3) is 0 Å². The summed E-state index contributed by atoms with van der Waals surface area (Å²) in [6, 6.07) is 7.53. The Morgan fingerprint density at radius 2 is 1.89 bits per heavy atom. The standard InChI is InChI=1S/C14H21NO3/c1-11-5-7-12(8-6-11)18-9-13(16)15(4)10-14(2,3)17/h5-8,17H,9-10H2,1-4H3. The Bertz CT molecular complexity index is 392. The fourth-order valence-corrected chi connectivity index (χ4v) is 1.56. The monoisotopic (exact) mass is 251 g/mol. The van der Waals surface area contributed by atoms with Crippen LogP contribution in [0.4, 0.5) is 0 Å². The molecule has 0 radical (unpaired) electrons. The van der Waals surface area contributed by atoms with Crippen molar-refractivity contribution in [2.45, 2.75) is 26.4 Å². The van der Waals surface area contributed by atoms with Crippen molar-refractivity contribution in [2.75, 3.05) is 20.2 Å². The highest BCUT2D eigenvalue weighted by Crippen LogP contribution is 2.11. The zero-order valence-electron chi connectivity index (χ0n) is 11.4. The first-order valence-electron chi connectivity index (χ1n) is 5.94. The molecular weight excluding hydrogens is 230 g/mol. The van der Waals surface area contributed by atoms with Gasteiger partial charge in [0.1, 0.15) is 5.75 Å². The number of aliphatic hydroxyl groups is 1. The first kappa shape index (κ1) is 14.5. The number of rotatable bonds is 5. The van der Waals surface area contributed by atoms with Crippen LogP contribution >= 0.6 is 0 Å². The molecule has 0 saturated carbocycles. The van der Waals surface area contributed by atoms with Crippen LogP contribution in [-0.2, 0) is 4.79 Å². The summed E-state index contributed by atoms with van der Waals surface area (Å²) in [6.07, 6.45) is 0. The molecule has 4 heteroatoms. The highest BCUT2D eigenvalue weighted by Gasteiger charge is 2.19. The van der Waals surface area contributed by atoms with Crippen molar-refractivity contribution in [3.05, 3.63) is 29.8 Å². The van der Waals surface area contributed by atoms with Gasteiger partial charge in [-0.25, -0.2) is 0 Å². The third-order valence-electron chi connectivity index (χ3n) is 2.43. The molecule has 0 aromatic heterocycles. The number of carbonyl (C=O) groups is 1. The molecule has 4 nitrogen and oxygen atoms in total. The number of aryl methyl sites for hydroxylation is 1. The quantitative estimate of drug-likeness (QED) is 0.865. The SMILES string of the molecule is Cc1ccc(OCC(=O)N(C)CC(C)(C)O)cc1. The maximum Gasteiger partial charge on any atom is 0.260 e. The smallest absolute Gasteiger partial charge is 0.260 e. The molecule has 0 heterocycles. The van der Waals surface area contributed by atoms with E-state index in [-0.39, 0.29) is 19.1 Å². The van der Waals surface area contributed by atoms with Crippen molar-refractivity contribution in [2.24, 2.45) is 0 Å². The second kappa shape index (κ2) is 5.87. The van der Waals surface area contributed by atoms with Crippen molar-refractivity contribution < 1.29 is 14.6 Å². The number of amides is 1. The number of likely N-dealkylation sites (N-methyl/N-ethyl adjacent to an activating group) is 1. The molecule has 0 aliphatic carbocycles. The Balaban J connectivity index is 2.43. The van der Waals surface area contributed by atoms with Gasteiger partial charge in [0.05, 0.1) is 5.60 Å². The molecule has 18 heavy (non-hydrogen) atoms. The van der Waals surface area contributed by atoms with Crippen molar-refractivity contribution in [3.63, 3.8) is 0 Å². The van der Waals surface area contributed by atoms with Crippen LogP contribution in [0.3, 0.4) is 0 Å². The molecule has 1 rings (SSSR count). The minimum atomic E-state index is -0.895. The molecule has 1 aromatic rings. The van der Waals surface area contributed by atoms with Crippen LogP contribution in [0, 0.1) is 6.92 Å². The summed E-state index contributed by atoms with van der Waals surface area (Å²) >= 11 is 0. The largest absolute Gasteiger partial charge is 0.484 e. The van der Waals surface area contributed by atoms with Gasteiger partial charge in [-0.3, -0.25) is 4.79 Å². The average molecular weight is 251 g/mol. The van der Waals surface area contributed by atoms with E-state index in [2.05, 4.69) is 0 Å². The zero-order valence-corrected chi connectivity index (χ0v) is 11.4. The van der Waals surface area contributed by atoms with Crippen LogP contribution in [0.2, 0.25) is 0 Å². The molecule has 0 saturated heterocycles. The normalized spacial score (nSPS) is 11.2. The van der Waals surface area contributed by atoms with Crippen LogP contribution in [0.1, 0.15) is 19.4 Å². The average Bonchev–Trinajstić information content (AvgIpc) is 2.25. The van der Waals surface area contributed by atoms with Gasteiger partial charge in [0, 0.05) is 13.6 Å². The van der Waals surface area contributed by atoms with Gasteiger partial charge in [-0.1, -0.05) is 17.7 Å². The van der Waals surface area contributed by atoms with Gasteiger partial charge in [0.2, 0.25) is 0 Å². The van der Waals surface area contributed by atoms with Crippen molar-refractivity contribution in [1.82, 2.24) is 4.90 Å². The van der Waals surface area contributed by atoms with Crippen LogP contribution < -0.4 is 4.74 Å². The third kappa shape index (κ3) is 5.19. The molecule has 0 fully saturated rings. The van der Waals surface area contributed by atoms with Gasteiger partial charge >= 0.3 is 0 Å². The number of hydrogen-bond acceptors (Lipinski definition) is 3. The topological polar surface area (TPSA) is 49.8 Å². The lowest BCUT2D eigenvalue weighted by Gasteiger charge is -2.25. The van der Waals surface area contributed by atoms with Crippen LogP contribution in [0.5, 0.6) is 5.75 Å². The predicted octanol–water partition coefficient (Wildman–Crippen LogP) is 1.60. The molecule has 1 N–H and O–H groups in total. The second-order valence-corrected chi connectivity index (χ2v) is 5.16. The van der Waals surface area contributed by atoms with E-state index in [0.717, 1.165) is 5.56 Å². The molecule has 0 bridgehead atoms. The summed E-state index contributed by atoms with van der Waals surface area (Å²) < 4.78 is 5.39. The van der Waals surface area contributed by atoms with Crippen LogP contribution in [0.15, 0.2) is 24.3 Å². The van der Waals surface area contributed by atoms with Crippen molar-refractivity contribution >= 4 is 5.91 Å². The molecule has 1 aromatic carbocycles. The lowest BCUT2D eigenvalue weighted by Crippen LogP contribution is -2.41. The van der Waals surface area contributed by atoms with Crippen molar-refractivity contribution in [3.8, 4) is 5.75 Å². The molecule has 0 aliphatic rings. The number of hydrogen-bond donors (Lipinski definition) is 1. The second-order valence-electron chi connectivity index (χ2n) is 5.16. The van der Waals surface area contributed by atoms with Gasteiger partial charge in [0.25, 0.3) is 5.91 Å².